The Bertz CT molecular complexity index is 131. The number of hydrogen-bond donors (Lipinski definition) is 1. The van der Waals surface area contributed by atoms with E-state index in [1.165, 1.54) is 44.9 Å². The summed E-state index contributed by atoms with van der Waals surface area (Å²) in [6.45, 7) is 9.11. The van der Waals surface area contributed by atoms with E-state index in [0.717, 1.165) is 11.8 Å². The standard InChI is InChI=1S/C14H31N/c1-5-7-8-13(6-2)9-10-14(15)11-12(3)4/h12-14H,5-11,15H2,1-4H3. The molecule has 15 heavy (non-hydrogen) atoms. The quantitative estimate of drug-likeness (QED) is 0.605. The van der Waals surface area contributed by atoms with E-state index < -0.39 is 0 Å². The van der Waals surface area contributed by atoms with Crippen LogP contribution in [0.5, 0.6) is 0 Å². The summed E-state index contributed by atoms with van der Waals surface area (Å²) in [5.74, 6) is 1.67. The van der Waals surface area contributed by atoms with Crippen LogP contribution in [0.2, 0.25) is 0 Å². The minimum atomic E-state index is 0.431. The third-order valence-electron chi connectivity index (χ3n) is 3.26. The number of rotatable bonds is 9. The van der Waals surface area contributed by atoms with Crippen LogP contribution in [0.4, 0.5) is 0 Å². The Morgan fingerprint density at radius 2 is 1.67 bits per heavy atom. The maximum absolute atomic E-state index is 6.11. The highest BCUT2D eigenvalue weighted by Crippen LogP contribution is 2.20. The molecule has 0 radical (unpaired) electrons. The second-order valence-corrected chi connectivity index (χ2v) is 5.38. The molecular formula is C14H31N. The Morgan fingerprint density at radius 1 is 1.00 bits per heavy atom. The zero-order chi connectivity index (χ0) is 11.7. The maximum Gasteiger partial charge on any atom is 0.00413 e. The first kappa shape index (κ1) is 15.0. The first-order chi connectivity index (χ1) is 7.10. The minimum Gasteiger partial charge on any atom is -0.328 e. The summed E-state index contributed by atoms with van der Waals surface area (Å²) in [5, 5.41) is 0. The van der Waals surface area contributed by atoms with E-state index in [2.05, 4.69) is 27.7 Å². The molecule has 0 fully saturated rings. The highest BCUT2D eigenvalue weighted by molar-refractivity contribution is 4.67. The lowest BCUT2D eigenvalue weighted by Gasteiger charge is -2.18. The van der Waals surface area contributed by atoms with Crippen LogP contribution in [0, 0.1) is 11.8 Å². The molecule has 0 aliphatic heterocycles. The molecular weight excluding hydrogens is 182 g/mol. The topological polar surface area (TPSA) is 26.0 Å². The summed E-state index contributed by atoms with van der Waals surface area (Å²) in [4.78, 5) is 0. The number of unbranched alkanes of at least 4 members (excludes halogenated alkanes) is 1. The highest BCUT2D eigenvalue weighted by Gasteiger charge is 2.10. The van der Waals surface area contributed by atoms with Crippen molar-refractivity contribution in [3.63, 3.8) is 0 Å². The molecule has 0 aliphatic rings. The molecule has 0 rings (SSSR count). The third-order valence-corrected chi connectivity index (χ3v) is 3.26. The van der Waals surface area contributed by atoms with Gasteiger partial charge in [0.1, 0.15) is 0 Å². The molecule has 92 valence electrons. The van der Waals surface area contributed by atoms with Crippen molar-refractivity contribution in [3.8, 4) is 0 Å². The van der Waals surface area contributed by atoms with Crippen LogP contribution in [0.25, 0.3) is 0 Å². The average Bonchev–Trinajstić information content (AvgIpc) is 2.17. The van der Waals surface area contributed by atoms with Gasteiger partial charge in [0.05, 0.1) is 0 Å². The van der Waals surface area contributed by atoms with Crippen molar-refractivity contribution in [3.05, 3.63) is 0 Å². The second-order valence-electron chi connectivity index (χ2n) is 5.38. The summed E-state index contributed by atoms with van der Waals surface area (Å²) in [5.41, 5.74) is 6.11. The van der Waals surface area contributed by atoms with Crippen molar-refractivity contribution < 1.29 is 0 Å². The molecule has 0 aromatic heterocycles. The van der Waals surface area contributed by atoms with Gasteiger partial charge in [-0.3, -0.25) is 0 Å². The van der Waals surface area contributed by atoms with Crippen LogP contribution in [0.15, 0.2) is 0 Å². The van der Waals surface area contributed by atoms with Gasteiger partial charge >= 0.3 is 0 Å². The van der Waals surface area contributed by atoms with Crippen molar-refractivity contribution in [2.75, 3.05) is 0 Å². The van der Waals surface area contributed by atoms with Gasteiger partial charge in [0.25, 0.3) is 0 Å². The molecule has 0 aromatic carbocycles. The zero-order valence-corrected chi connectivity index (χ0v) is 11.3. The van der Waals surface area contributed by atoms with Crippen LogP contribution in [0.1, 0.15) is 72.6 Å². The van der Waals surface area contributed by atoms with Gasteiger partial charge in [-0.05, 0) is 31.1 Å². The van der Waals surface area contributed by atoms with Crippen LogP contribution >= 0.6 is 0 Å². The van der Waals surface area contributed by atoms with Crippen LogP contribution < -0.4 is 5.73 Å². The van der Waals surface area contributed by atoms with Gasteiger partial charge in [0.15, 0.2) is 0 Å². The van der Waals surface area contributed by atoms with Crippen molar-refractivity contribution in [1.29, 1.82) is 0 Å². The van der Waals surface area contributed by atoms with Crippen molar-refractivity contribution in [2.45, 2.75) is 78.7 Å². The monoisotopic (exact) mass is 213 g/mol. The first-order valence-corrected chi connectivity index (χ1v) is 6.85. The van der Waals surface area contributed by atoms with E-state index in [4.69, 9.17) is 5.73 Å². The van der Waals surface area contributed by atoms with E-state index in [-0.39, 0.29) is 0 Å². The Hall–Kier alpha value is -0.0400. The number of nitrogens with two attached hydrogens (primary N) is 1. The molecule has 1 heteroatoms. The summed E-state index contributed by atoms with van der Waals surface area (Å²) in [6.07, 6.45) is 9.19. The summed E-state index contributed by atoms with van der Waals surface area (Å²) < 4.78 is 0. The summed E-state index contributed by atoms with van der Waals surface area (Å²) >= 11 is 0. The molecule has 0 saturated heterocycles. The average molecular weight is 213 g/mol. The van der Waals surface area contributed by atoms with Crippen molar-refractivity contribution >= 4 is 0 Å². The largest absolute Gasteiger partial charge is 0.328 e. The smallest absolute Gasteiger partial charge is 0.00413 e. The van der Waals surface area contributed by atoms with Crippen LogP contribution in [0.3, 0.4) is 0 Å². The Balaban J connectivity index is 3.60. The lowest BCUT2D eigenvalue weighted by molar-refractivity contribution is 0.371. The summed E-state index contributed by atoms with van der Waals surface area (Å²) in [7, 11) is 0. The first-order valence-electron chi connectivity index (χ1n) is 6.85. The van der Waals surface area contributed by atoms with Gasteiger partial charge in [-0.25, -0.2) is 0 Å². The fourth-order valence-corrected chi connectivity index (χ4v) is 2.22. The molecule has 2 atom stereocenters. The molecule has 0 bridgehead atoms. The summed E-state index contributed by atoms with van der Waals surface area (Å²) in [6, 6.07) is 0.431. The Morgan fingerprint density at radius 3 is 2.13 bits per heavy atom. The molecule has 2 unspecified atom stereocenters. The van der Waals surface area contributed by atoms with Gasteiger partial charge in [-0.2, -0.15) is 0 Å². The van der Waals surface area contributed by atoms with E-state index in [1.807, 2.05) is 0 Å². The lowest BCUT2D eigenvalue weighted by atomic mass is 9.90. The normalized spacial score (nSPS) is 15.6. The molecule has 0 aliphatic carbocycles. The van der Waals surface area contributed by atoms with Crippen LogP contribution in [-0.2, 0) is 0 Å². The van der Waals surface area contributed by atoms with E-state index in [0.29, 0.717) is 6.04 Å². The van der Waals surface area contributed by atoms with E-state index >= 15 is 0 Å². The SMILES string of the molecule is CCCCC(CC)CCC(N)CC(C)C. The minimum absolute atomic E-state index is 0.431. The Kier molecular flexibility index (Phi) is 9.18. The molecule has 0 saturated carbocycles. The predicted octanol–water partition coefficient (Wildman–Crippen LogP) is 4.36. The second kappa shape index (κ2) is 9.21. The van der Waals surface area contributed by atoms with Crippen molar-refractivity contribution in [2.24, 2.45) is 17.6 Å². The molecule has 0 spiro atoms. The fraction of sp³-hybridized carbons (Fsp3) is 1.00. The fourth-order valence-electron chi connectivity index (χ4n) is 2.22. The maximum atomic E-state index is 6.11. The van der Waals surface area contributed by atoms with Gasteiger partial charge < -0.3 is 5.73 Å². The van der Waals surface area contributed by atoms with Gasteiger partial charge in [0.2, 0.25) is 0 Å². The van der Waals surface area contributed by atoms with Gasteiger partial charge in [-0.15, -0.1) is 0 Å². The number of hydrogen-bond acceptors (Lipinski definition) is 1. The van der Waals surface area contributed by atoms with E-state index in [1.54, 1.807) is 0 Å². The zero-order valence-electron chi connectivity index (χ0n) is 11.3. The van der Waals surface area contributed by atoms with Gasteiger partial charge in [-0.1, -0.05) is 53.4 Å². The molecule has 2 N–H and O–H groups in total. The Labute approximate surface area is 96.8 Å². The predicted molar refractivity (Wildman–Crippen MR) is 70.0 cm³/mol. The van der Waals surface area contributed by atoms with E-state index in [9.17, 15) is 0 Å². The molecule has 1 nitrogen and oxygen atoms in total. The molecule has 0 aromatic rings. The highest BCUT2D eigenvalue weighted by atomic mass is 14.6. The van der Waals surface area contributed by atoms with Crippen LogP contribution in [-0.4, -0.2) is 6.04 Å². The molecule has 0 amide bonds. The molecule has 0 heterocycles. The van der Waals surface area contributed by atoms with Gasteiger partial charge in [0, 0.05) is 6.04 Å². The third kappa shape index (κ3) is 8.92. The lowest BCUT2D eigenvalue weighted by Crippen LogP contribution is -2.22. The van der Waals surface area contributed by atoms with Crippen molar-refractivity contribution in [1.82, 2.24) is 0 Å².